The third-order valence-corrected chi connectivity index (χ3v) is 1.84. The van der Waals surface area contributed by atoms with Crippen LogP contribution in [0, 0.1) is 6.92 Å². The van der Waals surface area contributed by atoms with E-state index >= 15 is 0 Å². The van der Waals surface area contributed by atoms with Crippen LogP contribution in [0.5, 0.6) is 0 Å². The summed E-state index contributed by atoms with van der Waals surface area (Å²) >= 11 is 9.88. The molecule has 0 aromatic heterocycles. The van der Waals surface area contributed by atoms with Crippen molar-refractivity contribution in [3.8, 4) is 0 Å². The van der Waals surface area contributed by atoms with Gasteiger partial charge in [0.05, 0.1) is 0 Å². The smallest absolute Gasteiger partial charge is 0.0446 e. The number of aryl methyl sites for hydroxylation is 1. The van der Waals surface area contributed by atoms with Gasteiger partial charge in [-0.25, -0.2) is 0 Å². The molecule has 1 rings (SSSR count). The van der Waals surface area contributed by atoms with E-state index in [2.05, 4.69) is 12.6 Å². The van der Waals surface area contributed by atoms with E-state index in [-0.39, 0.29) is 0 Å². The molecular weight excluding hydrogens is 176 g/mol. The van der Waals surface area contributed by atoms with Crippen LogP contribution in [0.4, 0.5) is 0 Å². The first-order valence-electron chi connectivity index (χ1n) is 3.65. The zero-order chi connectivity index (χ0) is 8.85. The predicted octanol–water partition coefficient (Wildman–Crippen LogP) is 3.96. The lowest BCUT2D eigenvalue weighted by molar-refractivity contribution is 1.38. The van der Waals surface area contributed by atoms with Gasteiger partial charge in [0.15, 0.2) is 0 Å². The third-order valence-electron chi connectivity index (χ3n) is 1.16. The lowest BCUT2D eigenvalue weighted by Gasteiger charge is -1.95. The van der Waals surface area contributed by atoms with Crippen LogP contribution in [0.3, 0.4) is 0 Å². The average molecular weight is 189 g/mol. The van der Waals surface area contributed by atoms with Crippen molar-refractivity contribution in [2.45, 2.75) is 25.7 Å². The predicted molar refractivity (Wildman–Crippen MR) is 54.8 cm³/mol. The first-order valence-corrected chi connectivity index (χ1v) is 4.48. The molecule has 2 heteroatoms. The minimum atomic E-state index is 0.780. The van der Waals surface area contributed by atoms with Gasteiger partial charge in [-0.3, -0.25) is 0 Å². The van der Waals surface area contributed by atoms with Crippen molar-refractivity contribution in [2.75, 3.05) is 0 Å². The second-order valence-corrected chi connectivity index (χ2v) is 2.86. The van der Waals surface area contributed by atoms with Crippen LogP contribution in [-0.2, 0) is 0 Å². The van der Waals surface area contributed by atoms with Crippen molar-refractivity contribution in [2.24, 2.45) is 0 Å². The minimum absolute atomic E-state index is 0.780. The Bertz CT molecular complexity index is 221. The summed E-state index contributed by atoms with van der Waals surface area (Å²) in [4.78, 5) is 0.908. The van der Waals surface area contributed by atoms with Crippen LogP contribution in [0.15, 0.2) is 23.1 Å². The molecule has 11 heavy (non-hydrogen) atoms. The number of benzene rings is 1. The van der Waals surface area contributed by atoms with Crippen molar-refractivity contribution in [1.29, 1.82) is 0 Å². The largest absolute Gasteiger partial charge is 0.143 e. The molecule has 0 aliphatic carbocycles. The zero-order valence-electron chi connectivity index (χ0n) is 7.06. The van der Waals surface area contributed by atoms with E-state index in [0.29, 0.717) is 0 Å². The Morgan fingerprint density at radius 2 is 1.82 bits per heavy atom. The molecule has 1 aromatic rings. The van der Waals surface area contributed by atoms with Gasteiger partial charge in [0.1, 0.15) is 0 Å². The maximum absolute atomic E-state index is 5.77. The molecular formula is C9H13ClS. The fraction of sp³-hybridized carbons (Fsp3) is 0.333. The maximum Gasteiger partial charge on any atom is 0.0446 e. The zero-order valence-corrected chi connectivity index (χ0v) is 8.71. The molecule has 62 valence electrons. The number of halogens is 1. The molecule has 0 radical (unpaired) electrons. The van der Waals surface area contributed by atoms with Crippen molar-refractivity contribution < 1.29 is 0 Å². The van der Waals surface area contributed by atoms with Gasteiger partial charge in [-0.2, -0.15) is 0 Å². The van der Waals surface area contributed by atoms with Crippen molar-refractivity contribution in [3.05, 3.63) is 28.8 Å². The quantitative estimate of drug-likeness (QED) is 0.586. The van der Waals surface area contributed by atoms with Crippen molar-refractivity contribution in [3.63, 3.8) is 0 Å². The summed E-state index contributed by atoms with van der Waals surface area (Å²) in [6, 6.07) is 5.70. The Hall–Kier alpha value is -0.140. The summed E-state index contributed by atoms with van der Waals surface area (Å²) in [6.45, 7) is 5.97. The molecule has 0 saturated heterocycles. The lowest BCUT2D eigenvalue weighted by Crippen LogP contribution is -1.72. The fourth-order valence-electron chi connectivity index (χ4n) is 0.582. The van der Waals surface area contributed by atoms with E-state index in [9.17, 15) is 0 Å². The lowest BCUT2D eigenvalue weighted by atomic mass is 10.2. The molecule has 0 nitrogen and oxygen atoms in total. The summed E-state index contributed by atoms with van der Waals surface area (Å²) in [6.07, 6.45) is 0. The Morgan fingerprint density at radius 3 is 2.18 bits per heavy atom. The Kier molecular flexibility index (Phi) is 5.43. The van der Waals surface area contributed by atoms with E-state index in [1.54, 1.807) is 0 Å². The van der Waals surface area contributed by atoms with Gasteiger partial charge in [-0.05, 0) is 24.6 Å². The first-order chi connectivity index (χ1) is 5.20. The second kappa shape index (κ2) is 5.50. The Morgan fingerprint density at radius 1 is 1.27 bits per heavy atom. The topological polar surface area (TPSA) is 0 Å². The normalized spacial score (nSPS) is 8.45. The van der Waals surface area contributed by atoms with Gasteiger partial charge < -0.3 is 0 Å². The molecule has 0 amide bonds. The summed E-state index contributed by atoms with van der Waals surface area (Å²) in [5, 5.41) is 0.780. The molecule has 0 saturated carbocycles. The van der Waals surface area contributed by atoms with E-state index in [4.69, 9.17) is 11.6 Å². The van der Waals surface area contributed by atoms with Gasteiger partial charge in [-0.1, -0.05) is 31.5 Å². The monoisotopic (exact) mass is 188 g/mol. The molecule has 0 atom stereocenters. The molecule has 0 fully saturated rings. The number of rotatable bonds is 0. The van der Waals surface area contributed by atoms with E-state index in [1.165, 1.54) is 0 Å². The van der Waals surface area contributed by atoms with E-state index in [0.717, 1.165) is 15.5 Å². The highest BCUT2D eigenvalue weighted by Gasteiger charge is 1.91. The second-order valence-electron chi connectivity index (χ2n) is 1.93. The molecule has 1 aromatic carbocycles. The molecule has 0 heterocycles. The summed E-state index contributed by atoms with van der Waals surface area (Å²) in [5.74, 6) is 0. The molecule has 0 aliphatic heterocycles. The van der Waals surface area contributed by atoms with Crippen LogP contribution < -0.4 is 0 Å². The van der Waals surface area contributed by atoms with Crippen LogP contribution in [0.2, 0.25) is 5.02 Å². The van der Waals surface area contributed by atoms with E-state index in [1.807, 2.05) is 39.0 Å². The first kappa shape index (κ1) is 10.9. The molecule has 0 unspecified atom stereocenters. The Labute approximate surface area is 79.0 Å². The molecule has 0 aliphatic rings. The van der Waals surface area contributed by atoms with Gasteiger partial charge >= 0.3 is 0 Å². The number of hydrogen-bond acceptors (Lipinski definition) is 1. The van der Waals surface area contributed by atoms with Crippen LogP contribution in [-0.4, -0.2) is 0 Å². The average Bonchev–Trinajstić information content (AvgIpc) is 2.02. The van der Waals surface area contributed by atoms with Crippen LogP contribution >= 0.6 is 24.2 Å². The SMILES string of the molecule is CC.Cc1ccc(S)cc1Cl. The molecule has 0 spiro atoms. The van der Waals surface area contributed by atoms with Crippen LogP contribution in [0.25, 0.3) is 0 Å². The van der Waals surface area contributed by atoms with E-state index < -0.39 is 0 Å². The maximum atomic E-state index is 5.77. The highest BCUT2D eigenvalue weighted by molar-refractivity contribution is 7.80. The molecule has 0 N–H and O–H groups in total. The highest BCUT2D eigenvalue weighted by Crippen LogP contribution is 2.18. The summed E-state index contributed by atoms with van der Waals surface area (Å²) in [5.41, 5.74) is 1.09. The van der Waals surface area contributed by atoms with Crippen molar-refractivity contribution >= 4 is 24.2 Å². The standard InChI is InChI=1S/C7H7ClS.C2H6/c1-5-2-3-6(9)4-7(5)8;1-2/h2-4,9H,1H3;1-2H3. The minimum Gasteiger partial charge on any atom is -0.143 e. The van der Waals surface area contributed by atoms with Gasteiger partial charge in [0.25, 0.3) is 0 Å². The Balaban J connectivity index is 0.000000461. The van der Waals surface area contributed by atoms with Gasteiger partial charge in [0.2, 0.25) is 0 Å². The number of hydrogen-bond donors (Lipinski definition) is 1. The van der Waals surface area contributed by atoms with Gasteiger partial charge in [-0.15, -0.1) is 12.6 Å². The summed E-state index contributed by atoms with van der Waals surface area (Å²) < 4.78 is 0. The van der Waals surface area contributed by atoms with Gasteiger partial charge in [0, 0.05) is 9.92 Å². The fourth-order valence-corrected chi connectivity index (χ4v) is 1.04. The highest BCUT2D eigenvalue weighted by atomic mass is 35.5. The third kappa shape index (κ3) is 3.68. The van der Waals surface area contributed by atoms with Crippen molar-refractivity contribution in [1.82, 2.24) is 0 Å². The summed E-state index contributed by atoms with van der Waals surface area (Å²) in [7, 11) is 0. The number of thiol groups is 1. The molecule has 0 bridgehead atoms. The van der Waals surface area contributed by atoms with Crippen LogP contribution in [0.1, 0.15) is 19.4 Å².